The monoisotopic (exact) mass is 379 g/mol. The number of carbonyl (C=O) groups is 2. The molecular weight excluding hydrogens is 367 g/mol. The molecule has 1 N–H and O–H groups in total. The maximum Gasteiger partial charge on any atom is 0.416 e. The number of fused-ring (bicyclic) bond motifs is 1. The number of alkyl halides is 3. The molecule has 0 spiro atoms. The maximum atomic E-state index is 13.0. The zero-order valence-corrected chi connectivity index (χ0v) is 13.8. The predicted molar refractivity (Wildman–Crippen MR) is 85.6 cm³/mol. The third kappa shape index (κ3) is 3.86. The van der Waals surface area contributed by atoms with Gasteiger partial charge in [-0.2, -0.15) is 22.8 Å². The molecule has 3 rings (SSSR count). The van der Waals surface area contributed by atoms with Gasteiger partial charge in [0.25, 0.3) is 5.91 Å². The second kappa shape index (κ2) is 7.02. The predicted octanol–water partition coefficient (Wildman–Crippen LogP) is 1.71. The molecule has 11 heteroatoms. The number of nitrogens with one attached hydrogen (secondary N) is 1. The second-order valence-electron chi connectivity index (χ2n) is 5.38. The maximum absolute atomic E-state index is 13.0. The van der Waals surface area contributed by atoms with Crippen molar-refractivity contribution in [3.8, 4) is 11.1 Å². The molecule has 0 saturated carbocycles. The zero-order valence-electron chi connectivity index (χ0n) is 13.8. The largest absolute Gasteiger partial charge is 0.468 e. The molecule has 1 aromatic carbocycles. The van der Waals surface area contributed by atoms with E-state index in [0.717, 1.165) is 12.1 Å². The lowest BCUT2D eigenvalue weighted by Crippen LogP contribution is -2.31. The van der Waals surface area contributed by atoms with E-state index in [-0.39, 0.29) is 29.0 Å². The van der Waals surface area contributed by atoms with Crippen LogP contribution in [0.1, 0.15) is 16.1 Å². The van der Waals surface area contributed by atoms with Crippen LogP contribution in [0.3, 0.4) is 0 Å². The van der Waals surface area contributed by atoms with Crippen molar-refractivity contribution in [3.63, 3.8) is 0 Å². The van der Waals surface area contributed by atoms with Gasteiger partial charge < -0.3 is 10.1 Å². The molecule has 3 aromatic rings. The van der Waals surface area contributed by atoms with E-state index >= 15 is 0 Å². The van der Waals surface area contributed by atoms with E-state index in [9.17, 15) is 22.8 Å². The summed E-state index contributed by atoms with van der Waals surface area (Å²) in [6, 6.07) is 5.87. The van der Waals surface area contributed by atoms with E-state index in [0.29, 0.717) is 0 Å². The number of methoxy groups -OCH3 is 1. The van der Waals surface area contributed by atoms with Crippen LogP contribution in [0.5, 0.6) is 0 Å². The lowest BCUT2D eigenvalue weighted by molar-refractivity contribution is -0.139. The van der Waals surface area contributed by atoms with E-state index in [1.807, 2.05) is 0 Å². The Kier molecular flexibility index (Phi) is 4.75. The van der Waals surface area contributed by atoms with Gasteiger partial charge in [-0.3, -0.25) is 9.59 Å². The number of hydrogen-bond acceptors (Lipinski definition) is 6. The molecule has 0 atom stereocenters. The van der Waals surface area contributed by atoms with Gasteiger partial charge in [-0.15, -0.1) is 10.2 Å². The van der Waals surface area contributed by atoms with Crippen LogP contribution in [0.4, 0.5) is 13.2 Å². The molecule has 1 amide bonds. The Morgan fingerprint density at radius 1 is 1.26 bits per heavy atom. The standard InChI is InChI=1S/C16H12F3N5O3/c1-27-13(25)7-20-15(26)12-6-11(14-22-21-8-24(14)23-12)9-3-2-4-10(5-9)16(17,18)19/h2-6,8H,7H2,1H3,(H,20,26). The summed E-state index contributed by atoms with van der Waals surface area (Å²) in [4.78, 5) is 23.4. The van der Waals surface area contributed by atoms with Crippen LogP contribution >= 0.6 is 0 Å². The van der Waals surface area contributed by atoms with Gasteiger partial charge in [0, 0.05) is 5.56 Å². The van der Waals surface area contributed by atoms with Gasteiger partial charge in [-0.25, -0.2) is 0 Å². The highest BCUT2D eigenvalue weighted by Gasteiger charge is 2.30. The fraction of sp³-hybridized carbons (Fsp3) is 0.188. The lowest BCUT2D eigenvalue weighted by atomic mass is 10.0. The number of ether oxygens (including phenoxy) is 1. The number of nitrogens with zero attached hydrogens (tertiary/aromatic N) is 4. The average molecular weight is 379 g/mol. The van der Waals surface area contributed by atoms with Crippen molar-refractivity contribution in [1.29, 1.82) is 0 Å². The van der Waals surface area contributed by atoms with Crippen molar-refractivity contribution >= 4 is 17.5 Å². The Bertz CT molecular complexity index is 1020. The fourth-order valence-electron chi connectivity index (χ4n) is 2.33. The van der Waals surface area contributed by atoms with Gasteiger partial charge in [0.2, 0.25) is 0 Å². The molecule has 0 unspecified atom stereocenters. The molecule has 0 bridgehead atoms. The summed E-state index contributed by atoms with van der Waals surface area (Å²) >= 11 is 0. The highest BCUT2D eigenvalue weighted by atomic mass is 19.4. The van der Waals surface area contributed by atoms with E-state index < -0.39 is 23.6 Å². The minimum atomic E-state index is -4.52. The van der Waals surface area contributed by atoms with E-state index in [1.165, 1.54) is 36.2 Å². The molecule has 0 aliphatic rings. The van der Waals surface area contributed by atoms with Crippen LogP contribution in [0, 0.1) is 0 Å². The number of hydrogen-bond donors (Lipinski definition) is 1. The van der Waals surface area contributed by atoms with Gasteiger partial charge in [-0.1, -0.05) is 12.1 Å². The van der Waals surface area contributed by atoms with Crippen LogP contribution in [-0.4, -0.2) is 45.3 Å². The van der Waals surface area contributed by atoms with E-state index in [2.05, 4.69) is 25.3 Å². The number of halogens is 3. The summed E-state index contributed by atoms with van der Waals surface area (Å²) in [7, 11) is 1.17. The molecule has 27 heavy (non-hydrogen) atoms. The van der Waals surface area contributed by atoms with Crippen molar-refractivity contribution in [2.45, 2.75) is 6.18 Å². The Morgan fingerprint density at radius 2 is 2.04 bits per heavy atom. The van der Waals surface area contributed by atoms with Crippen molar-refractivity contribution < 1.29 is 27.5 Å². The second-order valence-corrected chi connectivity index (χ2v) is 5.38. The summed E-state index contributed by atoms with van der Waals surface area (Å²) in [6.45, 7) is -0.379. The van der Waals surface area contributed by atoms with Crippen LogP contribution in [0.25, 0.3) is 16.8 Å². The molecule has 0 aliphatic heterocycles. The van der Waals surface area contributed by atoms with Crippen molar-refractivity contribution in [1.82, 2.24) is 25.1 Å². The Balaban J connectivity index is 2.04. The summed E-state index contributed by atoms with van der Waals surface area (Å²) in [5, 5.41) is 13.8. The zero-order chi connectivity index (χ0) is 19.6. The highest BCUT2D eigenvalue weighted by Crippen LogP contribution is 2.33. The molecule has 0 fully saturated rings. The smallest absolute Gasteiger partial charge is 0.416 e. The van der Waals surface area contributed by atoms with Crippen LogP contribution in [0.15, 0.2) is 36.7 Å². The van der Waals surface area contributed by atoms with Crippen LogP contribution < -0.4 is 5.32 Å². The number of carbonyl (C=O) groups excluding carboxylic acids is 2. The molecule has 2 aromatic heterocycles. The van der Waals surface area contributed by atoms with E-state index in [4.69, 9.17) is 0 Å². The number of rotatable bonds is 4. The Labute approximate surface area is 150 Å². The highest BCUT2D eigenvalue weighted by molar-refractivity contribution is 5.96. The minimum Gasteiger partial charge on any atom is -0.468 e. The molecule has 0 aliphatic carbocycles. The topological polar surface area (TPSA) is 98.5 Å². The Hall–Kier alpha value is -3.50. The number of esters is 1. The van der Waals surface area contributed by atoms with E-state index in [1.54, 1.807) is 0 Å². The first kappa shape index (κ1) is 18.3. The van der Waals surface area contributed by atoms with Crippen molar-refractivity contribution in [3.05, 3.63) is 47.9 Å². The fourth-order valence-corrected chi connectivity index (χ4v) is 2.33. The summed E-state index contributed by atoms with van der Waals surface area (Å²) < 4.78 is 44.6. The summed E-state index contributed by atoms with van der Waals surface area (Å²) in [6.07, 6.45) is -3.31. The summed E-state index contributed by atoms with van der Waals surface area (Å²) in [5.41, 5.74) is -0.368. The first-order chi connectivity index (χ1) is 12.8. The van der Waals surface area contributed by atoms with Gasteiger partial charge in [0.05, 0.1) is 12.7 Å². The van der Waals surface area contributed by atoms with Gasteiger partial charge in [0.15, 0.2) is 5.65 Å². The SMILES string of the molecule is COC(=O)CNC(=O)c1cc(-c2cccc(C(F)(F)F)c2)c2nncn2n1. The lowest BCUT2D eigenvalue weighted by Gasteiger charge is -2.10. The number of aromatic nitrogens is 4. The number of benzene rings is 1. The minimum absolute atomic E-state index is 0.126. The number of amides is 1. The van der Waals surface area contributed by atoms with Crippen LogP contribution in [-0.2, 0) is 15.7 Å². The van der Waals surface area contributed by atoms with Crippen molar-refractivity contribution in [2.24, 2.45) is 0 Å². The van der Waals surface area contributed by atoms with Crippen molar-refractivity contribution in [2.75, 3.05) is 13.7 Å². The third-order valence-electron chi connectivity index (χ3n) is 3.62. The molecular formula is C16H12F3N5O3. The van der Waals surface area contributed by atoms with Gasteiger partial charge >= 0.3 is 12.1 Å². The molecule has 2 heterocycles. The normalized spacial score (nSPS) is 11.4. The first-order valence-electron chi connectivity index (χ1n) is 7.53. The van der Waals surface area contributed by atoms with Gasteiger partial charge in [-0.05, 0) is 23.8 Å². The molecule has 8 nitrogen and oxygen atoms in total. The molecule has 140 valence electrons. The third-order valence-corrected chi connectivity index (χ3v) is 3.62. The van der Waals surface area contributed by atoms with Gasteiger partial charge in [0.1, 0.15) is 18.6 Å². The van der Waals surface area contributed by atoms with Crippen LogP contribution in [0.2, 0.25) is 0 Å². The quantitative estimate of drug-likeness (QED) is 0.693. The Morgan fingerprint density at radius 3 is 2.74 bits per heavy atom. The average Bonchev–Trinajstić information content (AvgIpc) is 3.13. The molecule has 0 radical (unpaired) electrons. The summed E-state index contributed by atoms with van der Waals surface area (Å²) in [5.74, 6) is -1.36. The first-order valence-corrected chi connectivity index (χ1v) is 7.53. The molecule has 0 saturated heterocycles.